The maximum absolute atomic E-state index is 12.2. The summed E-state index contributed by atoms with van der Waals surface area (Å²) in [5.41, 5.74) is 0.634. The molecular weight excluding hydrogens is 230 g/mol. The molecule has 1 saturated heterocycles. The van der Waals surface area contributed by atoms with Gasteiger partial charge in [-0.2, -0.15) is 0 Å². The van der Waals surface area contributed by atoms with Crippen molar-refractivity contribution in [3.63, 3.8) is 0 Å². The highest BCUT2D eigenvalue weighted by Crippen LogP contribution is 2.32. The molecule has 1 aliphatic rings. The largest absolute Gasteiger partial charge is 0.359 e. The van der Waals surface area contributed by atoms with E-state index < -0.39 is 0 Å². The van der Waals surface area contributed by atoms with Gasteiger partial charge < -0.3 is 14.7 Å². The predicted octanol–water partition coefficient (Wildman–Crippen LogP) is 2.63. The molecule has 5 heteroatoms. The van der Waals surface area contributed by atoms with E-state index in [0.29, 0.717) is 0 Å². The van der Waals surface area contributed by atoms with E-state index in [-0.39, 0.29) is 17.6 Å². The zero-order chi connectivity index (χ0) is 13.3. The lowest BCUT2D eigenvalue weighted by atomic mass is 10.1. The molecule has 1 aromatic rings. The minimum Gasteiger partial charge on any atom is -0.359 e. The summed E-state index contributed by atoms with van der Waals surface area (Å²) in [5, 5.41) is 6.89. The van der Waals surface area contributed by atoms with Gasteiger partial charge in [-0.05, 0) is 40.5 Å². The van der Waals surface area contributed by atoms with Crippen molar-refractivity contribution in [1.29, 1.82) is 0 Å². The summed E-state index contributed by atoms with van der Waals surface area (Å²) in [6, 6.07) is 1.90. The summed E-state index contributed by atoms with van der Waals surface area (Å²) in [4.78, 5) is 14.0. The van der Waals surface area contributed by atoms with Crippen LogP contribution in [-0.4, -0.2) is 28.2 Å². The van der Waals surface area contributed by atoms with E-state index in [1.54, 1.807) is 0 Å². The Balaban J connectivity index is 2.10. The SMILES string of the molecule is Cc1cc(C2CCCN2C(=O)NC(C)(C)C)on1. The third-order valence-electron chi connectivity index (χ3n) is 2.97. The smallest absolute Gasteiger partial charge is 0.318 e. The monoisotopic (exact) mass is 251 g/mol. The molecule has 0 radical (unpaired) electrons. The fraction of sp³-hybridized carbons (Fsp3) is 0.692. The molecule has 2 heterocycles. The molecule has 2 rings (SSSR count). The number of aryl methyl sites for hydroxylation is 1. The molecule has 0 aromatic carbocycles. The fourth-order valence-corrected chi connectivity index (χ4v) is 2.24. The van der Waals surface area contributed by atoms with E-state index in [1.807, 2.05) is 38.7 Å². The predicted molar refractivity (Wildman–Crippen MR) is 68.2 cm³/mol. The maximum Gasteiger partial charge on any atom is 0.318 e. The number of likely N-dealkylation sites (tertiary alicyclic amines) is 1. The number of nitrogens with zero attached hydrogens (tertiary/aromatic N) is 2. The second-order valence-electron chi connectivity index (χ2n) is 5.90. The molecule has 5 nitrogen and oxygen atoms in total. The minimum atomic E-state index is -0.221. The Labute approximate surface area is 108 Å². The third kappa shape index (κ3) is 2.83. The van der Waals surface area contributed by atoms with Gasteiger partial charge in [-0.25, -0.2) is 4.79 Å². The van der Waals surface area contributed by atoms with Crippen LogP contribution in [0.4, 0.5) is 4.79 Å². The number of carbonyl (C=O) groups is 1. The number of hydrogen-bond donors (Lipinski definition) is 1. The first-order chi connectivity index (χ1) is 8.37. The van der Waals surface area contributed by atoms with Crippen LogP contribution in [0.3, 0.4) is 0 Å². The Bertz CT molecular complexity index is 434. The summed E-state index contributed by atoms with van der Waals surface area (Å²) >= 11 is 0. The van der Waals surface area contributed by atoms with E-state index in [2.05, 4.69) is 10.5 Å². The molecule has 0 bridgehead atoms. The van der Waals surface area contributed by atoms with Crippen molar-refractivity contribution in [2.75, 3.05) is 6.54 Å². The van der Waals surface area contributed by atoms with Crippen molar-refractivity contribution in [2.45, 2.75) is 52.1 Å². The molecule has 1 aliphatic heterocycles. The van der Waals surface area contributed by atoms with E-state index in [1.165, 1.54) is 0 Å². The van der Waals surface area contributed by atoms with Gasteiger partial charge in [0, 0.05) is 18.2 Å². The normalized spacial score (nSPS) is 20.2. The van der Waals surface area contributed by atoms with Crippen LogP contribution in [0.2, 0.25) is 0 Å². The van der Waals surface area contributed by atoms with Gasteiger partial charge in [0.15, 0.2) is 5.76 Å². The first-order valence-electron chi connectivity index (χ1n) is 6.39. The first kappa shape index (κ1) is 12.9. The van der Waals surface area contributed by atoms with Crippen molar-refractivity contribution >= 4 is 6.03 Å². The number of urea groups is 1. The Morgan fingerprint density at radius 3 is 2.83 bits per heavy atom. The van der Waals surface area contributed by atoms with Crippen LogP contribution in [0.25, 0.3) is 0 Å². The highest BCUT2D eigenvalue weighted by atomic mass is 16.5. The van der Waals surface area contributed by atoms with Gasteiger partial charge >= 0.3 is 6.03 Å². The van der Waals surface area contributed by atoms with Gasteiger partial charge in [-0.1, -0.05) is 5.16 Å². The maximum atomic E-state index is 12.2. The molecule has 18 heavy (non-hydrogen) atoms. The molecule has 1 aromatic heterocycles. The summed E-state index contributed by atoms with van der Waals surface area (Å²) in [6.45, 7) is 8.60. The molecule has 0 aliphatic carbocycles. The number of rotatable bonds is 1. The van der Waals surface area contributed by atoms with E-state index in [4.69, 9.17) is 4.52 Å². The van der Waals surface area contributed by atoms with Crippen molar-refractivity contribution < 1.29 is 9.32 Å². The topological polar surface area (TPSA) is 58.4 Å². The van der Waals surface area contributed by atoms with Crippen LogP contribution >= 0.6 is 0 Å². The zero-order valence-electron chi connectivity index (χ0n) is 11.5. The molecule has 2 amide bonds. The van der Waals surface area contributed by atoms with E-state index >= 15 is 0 Å². The van der Waals surface area contributed by atoms with Gasteiger partial charge in [0.25, 0.3) is 0 Å². The molecule has 1 unspecified atom stereocenters. The lowest BCUT2D eigenvalue weighted by Gasteiger charge is -2.28. The number of hydrogen-bond acceptors (Lipinski definition) is 3. The summed E-state index contributed by atoms with van der Waals surface area (Å²) in [5.74, 6) is 0.786. The van der Waals surface area contributed by atoms with E-state index in [0.717, 1.165) is 30.8 Å². The second-order valence-corrected chi connectivity index (χ2v) is 5.90. The van der Waals surface area contributed by atoms with E-state index in [9.17, 15) is 4.79 Å². The zero-order valence-corrected chi connectivity index (χ0v) is 11.5. The highest BCUT2D eigenvalue weighted by Gasteiger charge is 2.33. The summed E-state index contributed by atoms with van der Waals surface area (Å²) < 4.78 is 5.29. The lowest BCUT2D eigenvalue weighted by Crippen LogP contribution is -2.48. The Morgan fingerprint density at radius 1 is 1.56 bits per heavy atom. The molecule has 0 saturated carbocycles. The average Bonchev–Trinajstić information content (AvgIpc) is 2.81. The standard InChI is InChI=1S/C13H21N3O2/c1-9-8-11(18-15-9)10-6-5-7-16(10)12(17)14-13(2,3)4/h8,10H,5-7H2,1-4H3,(H,14,17). The van der Waals surface area contributed by atoms with Gasteiger partial charge in [0.05, 0.1) is 11.7 Å². The van der Waals surface area contributed by atoms with Crippen molar-refractivity contribution in [2.24, 2.45) is 0 Å². The third-order valence-corrected chi connectivity index (χ3v) is 2.97. The molecule has 0 spiro atoms. The Hall–Kier alpha value is -1.52. The van der Waals surface area contributed by atoms with Crippen molar-refractivity contribution in [3.05, 3.63) is 17.5 Å². The number of aromatic nitrogens is 1. The Kier molecular flexibility index (Phi) is 3.32. The summed E-state index contributed by atoms with van der Waals surface area (Å²) in [6.07, 6.45) is 1.94. The molecule has 100 valence electrons. The second kappa shape index (κ2) is 4.63. The van der Waals surface area contributed by atoms with Gasteiger partial charge in [-0.3, -0.25) is 0 Å². The van der Waals surface area contributed by atoms with Crippen LogP contribution in [0.1, 0.15) is 51.1 Å². The van der Waals surface area contributed by atoms with Gasteiger partial charge in [-0.15, -0.1) is 0 Å². The Morgan fingerprint density at radius 2 is 2.28 bits per heavy atom. The van der Waals surface area contributed by atoms with Crippen molar-refractivity contribution in [3.8, 4) is 0 Å². The lowest BCUT2D eigenvalue weighted by molar-refractivity contribution is 0.174. The quantitative estimate of drug-likeness (QED) is 0.834. The molecular formula is C13H21N3O2. The number of amides is 2. The van der Waals surface area contributed by atoms with Gasteiger partial charge in [0.1, 0.15) is 0 Å². The molecule has 1 N–H and O–H groups in total. The number of carbonyl (C=O) groups excluding carboxylic acids is 1. The fourth-order valence-electron chi connectivity index (χ4n) is 2.24. The molecule has 1 fully saturated rings. The van der Waals surface area contributed by atoms with Crippen LogP contribution in [-0.2, 0) is 0 Å². The first-order valence-corrected chi connectivity index (χ1v) is 6.39. The average molecular weight is 251 g/mol. The molecule has 1 atom stereocenters. The minimum absolute atomic E-state index is 0.0218. The van der Waals surface area contributed by atoms with Gasteiger partial charge in [0.2, 0.25) is 0 Å². The van der Waals surface area contributed by atoms with Crippen molar-refractivity contribution in [1.82, 2.24) is 15.4 Å². The van der Waals surface area contributed by atoms with Crippen LogP contribution in [0, 0.1) is 6.92 Å². The summed E-state index contributed by atoms with van der Waals surface area (Å²) in [7, 11) is 0. The van der Waals surface area contributed by atoms with Crippen LogP contribution < -0.4 is 5.32 Å². The van der Waals surface area contributed by atoms with Crippen LogP contribution in [0.5, 0.6) is 0 Å². The number of nitrogens with one attached hydrogen (secondary N) is 1. The highest BCUT2D eigenvalue weighted by molar-refractivity contribution is 5.75. The van der Waals surface area contributed by atoms with Crippen LogP contribution in [0.15, 0.2) is 10.6 Å².